The highest BCUT2D eigenvalue weighted by molar-refractivity contribution is 7.49. The standard InChI is InChI=1S/C21H25O4P/c1-18(17-19-11-5-2-6-12-19)23-26(22,24-20-13-7-3-8-14-20)25-21-15-9-4-10-16-21/h3-4,7-10,13-17,19H,2,5-6,11-12H2,1H3. The molecule has 0 unspecified atom stereocenters. The van der Waals surface area contributed by atoms with Gasteiger partial charge in [0.2, 0.25) is 0 Å². The van der Waals surface area contributed by atoms with Crippen molar-refractivity contribution in [3.05, 3.63) is 72.5 Å². The predicted molar refractivity (Wildman–Crippen MR) is 103 cm³/mol. The van der Waals surface area contributed by atoms with Gasteiger partial charge >= 0.3 is 7.82 Å². The first-order valence-corrected chi connectivity index (χ1v) is 10.6. The smallest absolute Gasteiger partial charge is 0.391 e. The summed E-state index contributed by atoms with van der Waals surface area (Å²) in [5.41, 5.74) is 0. The predicted octanol–water partition coefficient (Wildman–Crippen LogP) is 6.75. The Morgan fingerprint density at radius 2 is 1.38 bits per heavy atom. The van der Waals surface area contributed by atoms with E-state index < -0.39 is 7.82 Å². The van der Waals surface area contributed by atoms with Crippen LogP contribution >= 0.6 is 7.82 Å². The molecule has 1 aliphatic carbocycles. The van der Waals surface area contributed by atoms with Crippen molar-refractivity contribution in [3.8, 4) is 11.5 Å². The lowest BCUT2D eigenvalue weighted by atomic mass is 9.89. The van der Waals surface area contributed by atoms with Gasteiger partial charge in [-0.3, -0.25) is 0 Å². The number of hydrogen-bond acceptors (Lipinski definition) is 4. The molecular formula is C21H25O4P. The second-order valence-electron chi connectivity index (χ2n) is 6.52. The molecule has 0 bridgehead atoms. The molecule has 0 aliphatic heterocycles. The quantitative estimate of drug-likeness (QED) is 0.398. The van der Waals surface area contributed by atoms with Crippen molar-refractivity contribution in [2.45, 2.75) is 39.0 Å². The second-order valence-corrected chi connectivity index (χ2v) is 7.96. The van der Waals surface area contributed by atoms with Crippen molar-refractivity contribution in [1.29, 1.82) is 0 Å². The molecule has 1 aliphatic rings. The van der Waals surface area contributed by atoms with E-state index >= 15 is 0 Å². The molecule has 0 amide bonds. The molecule has 1 fully saturated rings. The largest absolute Gasteiger partial charge is 0.646 e. The number of rotatable bonds is 7. The summed E-state index contributed by atoms with van der Waals surface area (Å²) in [7, 11) is -3.86. The Morgan fingerprint density at radius 1 is 0.885 bits per heavy atom. The fourth-order valence-electron chi connectivity index (χ4n) is 3.12. The first-order chi connectivity index (χ1) is 12.6. The van der Waals surface area contributed by atoms with Gasteiger partial charge in [-0.1, -0.05) is 55.7 Å². The highest BCUT2D eigenvalue weighted by Gasteiger charge is 2.33. The van der Waals surface area contributed by atoms with Gasteiger partial charge in [0.15, 0.2) is 0 Å². The highest BCUT2D eigenvalue weighted by atomic mass is 31.2. The summed E-state index contributed by atoms with van der Waals surface area (Å²) in [6, 6.07) is 17.9. The van der Waals surface area contributed by atoms with Gasteiger partial charge in [-0.05, 0) is 56.0 Å². The number of phosphoric acid groups is 1. The lowest BCUT2D eigenvalue weighted by Crippen LogP contribution is -2.07. The third kappa shape index (κ3) is 5.67. The van der Waals surface area contributed by atoms with Crippen molar-refractivity contribution >= 4 is 7.82 Å². The van der Waals surface area contributed by atoms with E-state index in [-0.39, 0.29) is 0 Å². The first-order valence-electron chi connectivity index (χ1n) is 9.10. The van der Waals surface area contributed by atoms with Crippen molar-refractivity contribution in [2.24, 2.45) is 5.92 Å². The van der Waals surface area contributed by atoms with Gasteiger partial charge in [-0.25, -0.2) is 0 Å². The van der Waals surface area contributed by atoms with E-state index in [2.05, 4.69) is 6.08 Å². The number of phosphoric ester groups is 1. The summed E-state index contributed by atoms with van der Waals surface area (Å²) in [5.74, 6) is 1.92. The number of benzene rings is 2. The Morgan fingerprint density at radius 3 is 1.88 bits per heavy atom. The Bertz CT molecular complexity index is 707. The fourth-order valence-corrected chi connectivity index (χ4v) is 4.40. The van der Waals surface area contributed by atoms with Crippen LogP contribution in [0.25, 0.3) is 0 Å². The molecule has 0 saturated heterocycles. The molecule has 3 rings (SSSR count). The first kappa shape index (κ1) is 18.6. The van der Waals surface area contributed by atoms with Gasteiger partial charge in [0.1, 0.15) is 17.3 Å². The molecule has 0 radical (unpaired) electrons. The maximum atomic E-state index is 13.3. The van der Waals surface area contributed by atoms with E-state index in [4.69, 9.17) is 13.6 Å². The lowest BCUT2D eigenvalue weighted by Gasteiger charge is -2.22. The molecule has 0 heterocycles. The third-order valence-electron chi connectivity index (χ3n) is 4.30. The summed E-state index contributed by atoms with van der Waals surface area (Å²) in [6.07, 6.45) is 8.08. The summed E-state index contributed by atoms with van der Waals surface area (Å²) in [6.45, 7) is 1.81. The molecule has 138 valence electrons. The normalized spacial score (nSPS) is 16.1. The van der Waals surface area contributed by atoms with Crippen molar-refractivity contribution in [1.82, 2.24) is 0 Å². The van der Waals surface area contributed by atoms with Crippen LogP contribution in [0.1, 0.15) is 39.0 Å². The third-order valence-corrected chi connectivity index (χ3v) is 5.68. The maximum Gasteiger partial charge on any atom is 0.646 e. The number of allylic oxidation sites excluding steroid dienone is 2. The van der Waals surface area contributed by atoms with E-state index in [9.17, 15) is 4.57 Å². The molecule has 26 heavy (non-hydrogen) atoms. The SMILES string of the molecule is CC(=CC1CCCCC1)OP(=O)(Oc1ccccc1)Oc1ccccc1. The topological polar surface area (TPSA) is 44.8 Å². The zero-order valence-electron chi connectivity index (χ0n) is 15.0. The molecule has 5 heteroatoms. The summed E-state index contributed by atoms with van der Waals surface area (Å²) in [4.78, 5) is 0. The molecule has 4 nitrogen and oxygen atoms in total. The van der Waals surface area contributed by atoms with Gasteiger partial charge in [0.25, 0.3) is 0 Å². The highest BCUT2D eigenvalue weighted by Crippen LogP contribution is 2.51. The molecule has 0 atom stereocenters. The van der Waals surface area contributed by atoms with Gasteiger partial charge in [0, 0.05) is 0 Å². The molecule has 0 N–H and O–H groups in total. The number of para-hydroxylation sites is 2. The molecule has 0 aromatic heterocycles. The molecule has 2 aromatic rings. The maximum absolute atomic E-state index is 13.3. The molecular weight excluding hydrogens is 347 g/mol. The van der Waals surface area contributed by atoms with Crippen molar-refractivity contribution in [3.63, 3.8) is 0 Å². The lowest BCUT2D eigenvalue weighted by molar-refractivity contribution is 0.254. The fraction of sp³-hybridized carbons (Fsp3) is 0.333. The van der Waals surface area contributed by atoms with Gasteiger partial charge in [-0.15, -0.1) is 0 Å². The van der Waals surface area contributed by atoms with Crippen molar-refractivity contribution in [2.75, 3.05) is 0 Å². The molecule has 1 saturated carbocycles. The Labute approximate surface area is 155 Å². The van der Waals surface area contributed by atoms with Crippen LogP contribution in [0.15, 0.2) is 72.5 Å². The molecule has 2 aromatic carbocycles. The van der Waals surface area contributed by atoms with Crippen molar-refractivity contribution < 1.29 is 18.1 Å². The Kier molecular flexibility index (Phi) is 6.40. The number of hydrogen-bond donors (Lipinski definition) is 0. The summed E-state index contributed by atoms with van der Waals surface area (Å²) < 4.78 is 30.3. The van der Waals surface area contributed by atoms with Crippen LogP contribution < -0.4 is 9.05 Å². The monoisotopic (exact) mass is 372 g/mol. The minimum absolute atomic E-state index is 0.442. The van der Waals surface area contributed by atoms with Gasteiger partial charge in [0.05, 0.1) is 0 Å². The average molecular weight is 372 g/mol. The van der Waals surface area contributed by atoms with E-state index in [0.29, 0.717) is 23.2 Å². The average Bonchev–Trinajstić information content (AvgIpc) is 2.63. The van der Waals surface area contributed by atoms with Crippen LogP contribution in [0.3, 0.4) is 0 Å². The minimum Gasteiger partial charge on any atom is -0.391 e. The zero-order valence-corrected chi connectivity index (χ0v) is 15.9. The Balaban J connectivity index is 1.77. The summed E-state index contributed by atoms with van der Waals surface area (Å²) >= 11 is 0. The van der Waals surface area contributed by atoms with Crippen LogP contribution in [0.2, 0.25) is 0 Å². The molecule has 0 spiro atoms. The zero-order chi connectivity index (χ0) is 18.2. The van der Waals surface area contributed by atoms with E-state index in [1.54, 1.807) is 24.3 Å². The Hall–Kier alpha value is -2.19. The van der Waals surface area contributed by atoms with Gasteiger partial charge < -0.3 is 13.6 Å². The van der Waals surface area contributed by atoms with E-state index in [1.807, 2.05) is 43.3 Å². The van der Waals surface area contributed by atoms with Crippen LogP contribution in [0, 0.1) is 5.92 Å². The van der Waals surface area contributed by atoms with Crippen LogP contribution in [0.4, 0.5) is 0 Å². The van der Waals surface area contributed by atoms with E-state index in [0.717, 1.165) is 12.8 Å². The minimum atomic E-state index is -3.86. The van der Waals surface area contributed by atoms with Crippen LogP contribution in [-0.4, -0.2) is 0 Å². The van der Waals surface area contributed by atoms with Crippen LogP contribution in [-0.2, 0) is 9.09 Å². The van der Waals surface area contributed by atoms with E-state index in [1.165, 1.54) is 19.3 Å². The second kappa shape index (κ2) is 8.95. The van der Waals surface area contributed by atoms with Gasteiger partial charge in [-0.2, -0.15) is 4.57 Å². The van der Waals surface area contributed by atoms with Crippen LogP contribution in [0.5, 0.6) is 11.5 Å². The summed E-state index contributed by atoms with van der Waals surface area (Å²) in [5, 5.41) is 0.